The third kappa shape index (κ3) is 4.74. The summed E-state index contributed by atoms with van der Waals surface area (Å²) in [6.07, 6.45) is 0.0950. The lowest BCUT2D eigenvalue weighted by molar-refractivity contribution is -0.128. The Morgan fingerprint density at radius 2 is 1.96 bits per heavy atom. The number of ether oxygens (including phenoxy) is 2. The number of hydrogen-bond donors (Lipinski definition) is 1. The van der Waals surface area contributed by atoms with Crippen molar-refractivity contribution >= 4 is 5.91 Å². The van der Waals surface area contributed by atoms with Gasteiger partial charge in [-0.1, -0.05) is 37.3 Å². The largest absolute Gasteiger partial charge is 0.496 e. The molecule has 1 N–H and O–H groups in total. The van der Waals surface area contributed by atoms with Crippen molar-refractivity contribution < 1.29 is 14.3 Å². The Morgan fingerprint density at radius 1 is 1.17 bits per heavy atom. The molecule has 0 fully saturated rings. The maximum absolute atomic E-state index is 12.4. The summed E-state index contributed by atoms with van der Waals surface area (Å²) in [6.45, 7) is 4.34. The van der Waals surface area contributed by atoms with E-state index in [2.05, 4.69) is 5.32 Å². The number of carbonyl (C=O) groups is 1. The maximum atomic E-state index is 12.4. The summed E-state index contributed by atoms with van der Waals surface area (Å²) in [6, 6.07) is 15.3. The predicted molar refractivity (Wildman–Crippen MR) is 90.7 cm³/mol. The lowest BCUT2D eigenvalue weighted by atomic mass is 10.2. The van der Waals surface area contributed by atoms with Gasteiger partial charge in [-0.25, -0.2) is 0 Å². The van der Waals surface area contributed by atoms with Crippen LogP contribution < -0.4 is 14.8 Å². The molecule has 0 saturated carbocycles. The SMILES string of the molecule is CC[C@H](Oc1cccc(C)c1)C(=O)NCc1ccccc1OC. The maximum Gasteiger partial charge on any atom is 0.261 e. The van der Waals surface area contributed by atoms with E-state index in [1.807, 2.05) is 62.4 Å². The number of methoxy groups -OCH3 is 1. The number of nitrogens with one attached hydrogen (secondary N) is 1. The zero-order chi connectivity index (χ0) is 16.7. The highest BCUT2D eigenvalue weighted by Gasteiger charge is 2.18. The van der Waals surface area contributed by atoms with Gasteiger partial charge >= 0.3 is 0 Å². The lowest BCUT2D eigenvalue weighted by Crippen LogP contribution is -2.37. The molecule has 4 nitrogen and oxygen atoms in total. The van der Waals surface area contributed by atoms with Crippen molar-refractivity contribution in [2.45, 2.75) is 32.9 Å². The second-order valence-electron chi connectivity index (χ2n) is 5.36. The van der Waals surface area contributed by atoms with Gasteiger partial charge in [0.25, 0.3) is 5.91 Å². The van der Waals surface area contributed by atoms with Crippen molar-refractivity contribution in [1.82, 2.24) is 5.32 Å². The molecule has 122 valence electrons. The van der Waals surface area contributed by atoms with Gasteiger partial charge in [-0.2, -0.15) is 0 Å². The van der Waals surface area contributed by atoms with E-state index in [0.29, 0.717) is 18.7 Å². The highest BCUT2D eigenvalue weighted by molar-refractivity contribution is 5.81. The number of benzene rings is 2. The number of rotatable bonds is 7. The third-order valence-electron chi connectivity index (χ3n) is 3.58. The smallest absolute Gasteiger partial charge is 0.261 e. The van der Waals surface area contributed by atoms with Crippen molar-refractivity contribution in [3.63, 3.8) is 0 Å². The molecule has 0 unspecified atom stereocenters. The molecule has 0 aliphatic heterocycles. The molecule has 0 radical (unpaired) electrons. The minimum atomic E-state index is -0.508. The average molecular weight is 313 g/mol. The Kier molecular flexibility index (Phi) is 6.03. The van der Waals surface area contributed by atoms with Crippen molar-refractivity contribution in [3.05, 3.63) is 59.7 Å². The monoisotopic (exact) mass is 313 g/mol. The first-order valence-corrected chi connectivity index (χ1v) is 7.77. The van der Waals surface area contributed by atoms with Crippen LogP contribution in [0.4, 0.5) is 0 Å². The molecule has 4 heteroatoms. The van der Waals surface area contributed by atoms with Crippen molar-refractivity contribution in [2.24, 2.45) is 0 Å². The number of hydrogen-bond acceptors (Lipinski definition) is 3. The van der Waals surface area contributed by atoms with E-state index >= 15 is 0 Å². The van der Waals surface area contributed by atoms with Crippen LogP contribution in [0.25, 0.3) is 0 Å². The summed E-state index contributed by atoms with van der Waals surface area (Å²) in [5.41, 5.74) is 2.04. The fraction of sp³-hybridized carbons (Fsp3) is 0.316. The summed E-state index contributed by atoms with van der Waals surface area (Å²) < 4.78 is 11.1. The van der Waals surface area contributed by atoms with Crippen LogP contribution in [0.3, 0.4) is 0 Å². The van der Waals surface area contributed by atoms with Gasteiger partial charge in [0.1, 0.15) is 11.5 Å². The fourth-order valence-corrected chi connectivity index (χ4v) is 2.32. The summed E-state index contributed by atoms with van der Waals surface area (Å²) >= 11 is 0. The topological polar surface area (TPSA) is 47.6 Å². The molecule has 1 amide bonds. The van der Waals surface area contributed by atoms with Gasteiger partial charge in [-0.3, -0.25) is 4.79 Å². The molecule has 2 rings (SSSR count). The van der Waals surface area contributed by atoms with E-state index in [1.165, 1.54) is 0 Å². The standard InChI is InChI=1S/C19H23NO3/c1-4-17(23-16-10-7-8-14(2)12-16)19(21)20-13-15-9-5-6-11-18(15)22-3/h5-12,17H,4,13H2,1-3H3,(H,20,21)/t17-/m0/s1. The molecular formula is C19H23NO3. The van der Waals surface area contributed by atoms with E-state index in [1.54, 1.807) is 7.11 Å². The second kappa shape index (κ2) is 8.22. The Balaban J connectivity index is 1.97. The Hall–Kier alpha value is -2.49. The van der Waals surface area contributed by atoms with Gasteiger partial charge in [0.15, 0.2) is 6.10 Å². The zero-order valence-corrected chi connectivity index (χ0v) is 13.8. The molecule has 23 heavy (non-hydrogen) atoms. The molecule has 0 aliphatic rings. The Bertz CT molecular complexity index is 655. The van der Waals surface area contributed by atoms with Gasteiger partial charge in [0.05, 0.1) is 7.11 Å². The van der Waals surface area contributed by atoms with E-state index in [0.717, 1.165) is 16.9 Å². The predicted octanol–water partition coefficient (Wildman–Crippen LogP) is 3.48. The van der Waals surface area contributed by atoms with E-state index in [9.17, 15) is 4.79 Å². The minimum Gasteiger partial charge on any atom is -0.496 e. The number of amides is 1. The molecule has 0 saturated heterocycles. The summed E-state index contributed by atoms with van der Waals surface area (Å²) in [7, 11) is 1.62. The molecule has 0 aliphatic carbocycles. The van der Waals surface area contributed by atoms with Gasteiger partial charge in [0.2, 0.25) is 0 Å². The summed E-state index contributed by atoms with van der Waals surface area (Å²) in [5, 5.41) is 2.92. The average Bonchev–Trinajstić information content (AvgIpc) is 2.57. The van der Waals surface area contributed by atoms with Crippen LogP contribution in [0.15, 0.2) is 48.5 Å². The van der Waals surface area contributed by atoms with Crippen molar-refractivity contribution in [3.8, 4) is 11.5 Å². The molecule has 1 atom stereocenters. The van der Waals surface area contributed by atoms with Gasteiger partial charge < -0.3 is 14.8 Å². The van der Waals surface area contributed by atoms with E-state index < -0.39 is 6.10 Å². The van der Waals surface area contributed by atoms with Crippen LogP contribution in [0, 0.1) is 6.92 Å². The molecule has 2 aromatic carbocycles. The number of para-hydroxylation sites is 1. The first-order valence-electron chi connectivity index (χ1n) is 7.77. The third-order valence-corrected chi connectivity index (χ3v) is 3.58. The van der Waals surface area contributed by atoms with Crippen LogP contribution in [-0.4, -0.2) is 19.1 Å². The Labute approximate surface area is 137 Å². The molecule has 0 aromatic heterocycles. The zero-order valence-electron chi connectivity index (χ0n) is 13.8. The quantitative estimate of drug-likeness (QED) is 0.851. The van der Waals surface area contributed by atoms with Crippen LogP contribution >= 0.6 is 0 Å². The van der Waals surface area contributed by atoms with Gasteiger partial charge in [0, 0.05) is 12.1 Å². The molecular weight excluding hydrogens is 290 g/mol. The van der Waals surface area contributed by atoms with Crippen LogP contribution in [0.5, 0.6) is 11.5 Å². The highest BCUT2D eigenvalue weighted by atomic mass is 16.5. The normalized spacial score (nSPS) is 11.6. The highest BCUT2D eigenvalue weighted by Crippen LogP contribution is 2.18. The fourth-order valence-electron chi connectivity index (χ4n) is 2.32. The first-order chi connectivity index (χ1) is 11.1. The van der Waals surface area contributed by atoms with E-state index in [4.69, 9.17) is 9.47 Å². The van der Waals surface area contributed by atoms with Crippen LogP contribution in [-0.2, 0) is 11.3 Å². The molecule has 0 heterocycles. The summed E-state index contributed by atoms with van der Waals surface area (Å²) in [4.78, 5) is 12.4. The molecule has 0 spiro atoms. The number of carbonyl (C=O) groups excluding carboxylic acids is 1. The van der Waals surface area contributed by atoms with E-state index in [-0.39, 0.29) is 5.91 Å². The lowest BCUT2D eigenvalue weighted by Gasteiger charge is -2.18. The minimum absolute atomic E-state index is 0.125. The molecule has 2 aromatic rings. The molecule has 0 bridgehead atoms. The van der Waals surface area contributed by atoms with Crippen molar-refractivity contribution in [2.75, 3.05) is 7.11 Å². The van der Waals surface area contributed by atoms with Crippen LogP contribution in [0.2, 0.25) is 0 Å². The second-order valence-corrected chi connectivity index (χ2v) is 5.36. The van der Waals surface area contributed by atoms with Crippen LogP contribution in [0.1, 0.15) is 24.5 Å². The first kappa shape index (κ1) is 16.9. The van der Waals surface area contributed by atoms with Gasteiger partial charge in [-0.15, -0.1) is 0 Å². The van der Waals surface area contributed by atoms with Gasteiger partial charge in [-0.05, 0) is 37.1 Å². The Morgan fingerprint density at radius 3 is 2.65 bits per heavy atom. The van der Waals surface area contributed by atoms with Crippen molar-refractivity contribution in [1.29, 1.82) is 0 Å². The number of aryl methyl sites for hydroxylation is 1. The summed E-state index contributed by atoms with van der Waals surface area (Å²) in [5.74, 6) is 1.35.